The van der Waals surface area contributed by atoms with Crippen LogP contribution >= 0.6 is 11.6 Å². The van der Waals surface area contributed by atoms with E-state index in [1.807, 2.05) is 31.2 Å². The van der Waals surface area contributed by atoms with Gasteiger partial charge in [0.05, 0.1) is 6.33 Å². The Labute approximate surface area is 154 Å². The molecule has 2 aromatic rings. The Kier molecular flexibility index (Phi) is 6.62. The Morgan fingerprint density at radius 2 is 2.04 bits per heavy atom. The van der Waals surface area contributed by atoms with E-state index in [2.05, 4.69) is 29.1 Å². The van der Waals surface area contributed by atoms with Gasteiger partial charge in [-0.25, -0.2) is 4.98 Å². The number of carbonyl (C=O) groups is 1. The minimum atomic E-state index is -0.316. The van der Waals surface area contributed by atoms with E-state index in [0.29, 0.717) is 0 Å². The summed E-state index contributed by atoms with van der Waals surface area (Å²) in [5, 5.41) is 4.29. The number of rotatable bonds is 8. The lowest BCUT2D eigenvalue weighted by atomic mass is 9.94. The van der Waals surface area contributed by atoms with Gasteiger partial charge < -0.3 is 15.0 Å². The number of carbonyl (C=O) groups excluding carboxylic acids is 1. The van der Waals surface area contributed by atoms with Gasteiger partial charge in [-0.2, -0.15) is 0 Å². The summed E-state index contributed by atoms with van der Waals surface area (Å²) in [6, 6.07) is 7.86. The molecule has 1 aromatic heterocycles. The summed E-state index contributed by atoms with van der Waals surface area (Å²) in [5.41, 5.74) is 2.74. The molecule has 0 bridgehead atoms. The molecule has 1 atom stereocenters. The van der Waals surface area contributed by atoms with E-state index in [9.17, 15) is 4.79 Å². The van der Waals surface area contributed by atoms with Gasteiger partial charge in [0.2, 0.25) is 0 Å². The smallest absolute Gasteiger partial charge is 0.303 e. The highest BCUT2D eigenvalue weighted by Gasteiger charge is 2.22. The molecule has 0 amide bonds. The molecule has 25 heavy (non-hydrogen) atoms. The van der Waals surface area contributed by atoms with Crippen molar-refractivity contribution >= 4 is 17.6 Å². The molecule has 0 fully saturated rings. The molecular weight excluding hydrogens is 338 g/mol. The lowest BCUT2D eigenvalue weighted by Crippen LogP contribution is -2.37. The number of nitrogens with one attached hydrogen (secondary N) is 2. The lowest BCUT2D eigenvalue weighted by Gasteiger charge is -2.27. The monoisotopic (exact) mass is 363 g/mol. The predicted octanol–water partition coefficient (Wildman–Crippen LogP) is 4.28. The van der Waals surface area contributed by atoms with Crippen LogP contribution in [0.25, 0.3) is 0 Å². The number of nitrogens with zero attached hydrogens (tertiary/aromatic N) is 1. The topological polar surface area (TPSA) is 67.0 Å². The highest BCUT2D eigenvalue weighted by molar-refractivity contribution is 6.30. The third-order valence-electron chi connectivity index (χ3n) is 4.26. The molecule has 0 radical (unpaired) electrons. The Morgan fingerprint density at radius 1 is 1.36 bits per heavy atom. The maximum atomic E-state index is 11.4. The number of H-pyrrole nitrogens is 1. The van der Waals surface area contributed by atoms with Crippen molar-refractivity contribution < 1.29 is 9.53 Å². The van der Waals surface area contributed by atoms with E-state index < -0.39 is 0 Å². The number of benzene rings is 1. The average molecular weight is 364 g/mol. The zero-order valence-corrected chi connectivity index (χ0v) is 16.0. The molecule has 2 rings (SSSR count). The second kappa shape index (κ2) is 8.50. The normalized spacial score (nSPS) is 12.8. The van der Waals surface area contributed by atoms with Crippen LogP contribution in [-0.4, -0.2) is 22.5 Å². The van der Waals surface area contributed by atoms with Crippen molar-refractivity contribution in [1.29, 1.82) is 0 Å². The Morgan fingerprint density at radius 3 is 2.60 bits per heavy atom. The molecule has 0 spiro atoms. The van der Waals surface area contributed by atoms with E-state index in [4.69, 9.17) is 16.3 Å². The van der Waals surface area contributed by atoms with Crippen LogP contribution in [0.4, 0.5) is 0 Å². The van der Waals surface area contributed by atoms with Crippen LogP contribution in [0.5, 0.6) is 0 Å². The molecular formula is C19H26ClN3O2. The first-order valence-corrected chi connectivity index (χ1v) is 8.85. The maximum Gasteiger partial charge on any atom is 0.303 e. The molecule has 2 N–H and O–H groups in total. The number of esters is 1. The predicted molar refractivity (Wildman–Crippen MR) is 99.5 cm³/mol. The molecule has 0 aliphatic heterocycles. The van der Waals surface area contributed by atoms with Crippen molar-refractivity contribution in [3.8, 4) is 0 Å². The van der Waals surface area contributed by atoms with Crippen molar-refractivity contribution in [1.82, 2.24) is 15.3 Å². The average Bonchev–Trinajstić information content (AvgIpc) is 2.96. The summed E-state index contributed by atoms with van der Waals surface area (Å²) >= 11 is 5.96. The molecule has 0 aliphatic carbocycles. The highest BCUT2D eigenvalue weighted by atomic mass is 35.5. The largest absolute Gasteiger partial charge is 0.456 e. The van der Waals surface area contributed by atoms with E-state index >= 15 is 0 Å². The molecule has 0 aliphatic rings. The molecule has 0 saturated heterocycles. The molecule has 5 nitrogen and oxygen atoms in total. The minimum Gasteiger partial charge on any atom is -0.456 e. The lowest BCUT2D eigenvalue weighted by molar-refractivity contribution is -0.147. The van der Waals surface area contributed by atoms with Crippen molar-refractivity contribution in [2.75, 3.05) is 6.54 Å². The highest BCUT2D eigenvalue weighted by Crippen LogP contribution is 2.25. The second-order valence-electron chi connectivity index (χ2n) is 6.71. The summed E-state index contributed by atoms with van der Waals surface area (Å²) in [6.07, 6.45) is 2.89. The SMILES string of the molecule is CC(=O)OC(CCCNC(C)(C)c1ccc(Cl)cc1)c1nc[nH]c1C. The summed E-state index contributed by atoms with van der Waals surface area (Å²) in [7, 11) is 0. The van der Waals surface area contributed by atoms with Gasteiger partial charge in [-0.15, -0.1) is 0 Å². The number of hydrogen-bond donors (Lipinski definition) is 2. The fourth-order valence-corrected chi connectivity index (χ4v) is 2.93. The third kappa shape index (κ3) is 5.58. The quantitative estimate of drug-likeness (QED) is 0.542. The van der Waals surface area contributed by atoms with Crippen LogP contribution in [0.1, 0.15) is 56.7 Å². The summed E-state index contributed by atoms with van der Waals surface area (Å²) in [6.45, 7) is 8.43. The molecule has 1 unspecified atom stereocenters. The zero-order chi connectivity index (χ0) is 18.4. The van der Waals surface area contributed by atoms with Crippen LogP contribution in [0, 0.1) is 6.92 Å². The van der Waals surface area contributed by atoms with E-state index in [0.717, 1.165) is 35.8 Å². The maximum absolute atomic E-state index is 11.4. The number of ether oxygens (including phenoxy) is 1. The minimum absolute atomic E-state index is 0.163. The first-order valence-electron chi connectivity index (χ1n) is 8.48. The third-order valence-corrected chi connectivity index (χ3v) is 4.51. The van der Waals surface area contributed by atoms with E-state index in [-0.39, 0.29) is 17.6 Å². The molecule has 0 saturated carbocycles. The number of aryl methyl sites for hydroxylation is 1. The van der Waals surface area contributed by atoms with Crippen LogP contribution in [0.2, 0.25) is 5.02 Å². The Balaban J connectivity index is 1.90. The number of aromatic nitrogens is 2. The number of imidazole rings is 1. The van der Waals surface area contributed by atoms with Gasteiger partial charge in [0.15, 0.2) is 0 Å². The number of halogens is 1. The Hall–Kier alpha value is -1.85. The van der Waals surface area contributed by atoms with Gasteiger partial charge in [0, 0.05) is 23.2 Å². The molecule has 1 heterocycles. The van der Waals surface area contributed by atoms with Crippen molar-refractivity contribution in [2.24, 2.45) is 0 Å². The number of hydrogen-bond acceptors (Lipinski definition) is 4. The van der Waals surface area contributed by atoms with Gasteiger partial charge >= 0.3 is 5.97 Å². The van der Waals surface area contributed by atoms with E-state index in [1.54, 1.807) is 6.33 Å². The van der Waals surface area contributed by atoms with Crippen molar-refractivity contribution in [3.05, 3.63) is 52.6 Å². The second-order valence-corrected chi connectivity index (χ2v) is 7.15. The zero-order valence-electron chi connectivity index (χ0n) is 15.2. The summed E-state index contributed by atoms with van der Waals surface area (Å²) < 4.78 is 5.44. The van der Waals surface area contributed by atoms with Gasteiger partial charge in [0.1, 0.15) is 11.8 Å². The molecule has 6 heteroatoms. The van der Waals surface area contributed by atoms with Crippen LogP contribution < -0.4 is 5.32 Å². The van der Waals surface area contributed by atoms with Crippen LogP contribution in [0.3, 0.4) is 0 Å². The van der Waals surface area contributed by atoms with Crippen LogP contribution in [-0.2, 0) is 15.1 Å². The van der Waals surface area contributed by atoms with Gasteiger partial charge in [-0.3, -0.25) is 4.79 Å². The first kappa shape index (κ1) is 19.5. The van der Waals surface area contributed by atoms with Crippen LogP contribution in [0.15, 0.2) is 30.6 Å². The first-order chi connectivity index (χ1) is 11.8. The summed E-state index contributed by atoms with van der Waals surface area (Å²) in [4.78, 5) is 18.7. The molecule has 136 valence electrons. The fourth-order valence-electron chi connectivity index (χ4n) is 2.80. The van der Waals surface area contributed by atoms with Gasteiger partial charge in [-0.05, 0) is 57.9 Å². The standard InChI is InChI=1S/C19H26ClN3O2/c1-13-18(22-12-21-13)17(25-14(2)24)6-5-11-23-19(3,4)15-7-9-16(20)10-8-15/h7-10,12,17,23H,5-6,11H2,1-4H3,(H,21,22). The van der Waals surface area contributed by atoms with E-state index in [1.165, 1.54) is 12.5 Å². The van der Waals surface area contributed by atoms with Crippen molar-refractivity contribution in [3.63, 3.8) is 0 Å². The summed E-state index contributed by atoms with van der Waals surface area (Å²) in [5.74, 6) is -0.290. The molecule has 1 aromatic carbocycles. The Bertz CT molecular complexity index is 695. The van der Waals surface area contributed by atoms with Crippen molar-refractivity contribution in [2.45, 2.75) is 52.2 Å². The number of aromatic amines is 1. The van der Waals surface area contributed by atoms with Gasteiger partial charge in [-0.1, -0.05) is 23.7 Å². The fraction of sp³-hybridized carbons (Fsp3) is 0.474. The van der Waals surface area contributed by atoms with Gasteiger partial charge in [0.25, 0.3) is 0 Å².